The van der Waals surface area contributed by atoms with Crippen molar-refractivity contribution < 1.29 is 29.0 Å². The number of nitrogens with two attached hydrogens (primary N) is 1. The van der Waals surface area contributed by atoms with E-state index in [1.54, 1.807) is 24.3 Å². The Kier molecular flexibility index (Phi) is 10.5. The highest BCUT2D eigenvalue weighted by molar-refractivity contribution is 5.98. The van der Waals surface area contributed by atoms with Gasteiger partial charge in [0.05, 0.1) is 6.61 Å². The van der Waals surface area contributed by atoms with Crippen molar-refractivity contribution in [2.75, 3.05) is 11.9 Å². The molecule has 0 unspecified atom stereocenters. The number of nitrogens with one attached hydrogen (secondary N) is 3. The number of alkyl carbamates (subject to hydrolysis) is 1. The molecule has 2 atom stereocenters. The van der Waals surface area contributed by atoms with Crippen molar-refractivity contribution in [2.24, 2.45) is 11.7 Å². The summed E-state index contributed by atoms with van der Waals surface area (Å²) < 4.78 is 5.64. The fourth-order valence-corrected chi connectivity index (χ4v) is 5.24. The van der Waals surface area contributed by atoms with E-state index < -0.39 is 35.9 Å². The van der Waals surface area contributed by atoms with Gasteiger partial charge in [-0.15, -0.1) is 0 Å². The highest BCUT2D eigenvalue weighted by atomic mass is 16.5. The third-order valence-corrected chi connectivity index (χ3v) is 7.38. The molecule has 3 aromatic carbocycles. The van der Waals surface area contributed by atoms with Gasteiger partial charge in [-0.2, -0.15) is 0 Å². The van der Waals surface area contributed by atoms with Crippen molar-refractivity contribution in [2.45, 2.75) is 57.7 Å². The smallest absolute Gasteiger partial charge is 0.407 e. The number of carbonyl (C=O) groups is 4. The summed E-state index contributed by atoms with van der Waals surface area (Å²) in [5.41, 5.74) is 10.8. The minimum absolute atomic E-state index is 0.0268. The second-order valence-electron chi connectivity index (χ2n) is 11.1. The van der Waals surface area contributed by atoms with Crippen LogP contribution in [-0.2, 0) is 25.7 Å². The number of aliphatic hydroxyl groups is 1. The van der Waals surface area contributed by atoms with Crippen LogP contribution in [0.4, 0.5) is 10.5 Å². The molecular weight excluding hydrogens is 548 g/mol. The molecular formula is C33H38N4O6. The zero-order chi connectivity index (χ0) is 30.9. The molecule has 0 heterocycles. The van der Waals surface area contributed by atoms with Crippen LogP contribution in [0, 0.1) is 5.92 Å². The van der Waals surface area contributed by atoms with Gasteiger partial charge in [0.25, 0.3) is 0 Å². The Bertz CT molecular complexity index is 1410. The van der Waals surface area contributed by atoms with E-state index in [2.05, 4.69) is 16.0 Å². The van der Waals surface area contributed by atoms with Gasteiger partial charge < -0.3 is 31.5 Å². The van der Waals surface area contributed by atoms with Gasteiger partial charge in [0.15, 0.2) is 0 Å². The summed E-state index contributed by atoms with van der Waals surface area (Å²) in [7, 11) is 0. The zero-order valence-corrected chi connectivity index (χ0v) is 24.3. The average molecular weight is 587 g/mol. The van der Waals surface area contributed by atoms with Gasteiger partial charge in [0.2, 0.25) is 17.7 Å². The van der Waals surface area contributed by atoms with Crippen LogP contribution >= 0.6 is 0 Å². The lowest BCUT2D eigenvalue weighted by molar-refractivity contribution is -0.128. The lowest BCUT2D eigenvalue weighted by atomic mass is 9.98. The number of carbonyl (C=O) groups excluding carboxylic acids is 4. The summed E-state index contributed by atoms with van der Waals surface area (Å²) >= 11 is 0. The largest absolute Gasteiger partial charge is 0.449 e. The molecule has 10 heteroatoms. The summed E-state index contributed by atoms with van der Waals surface area (Å²) in [4.78, 5) is 50.9. The van der Waals surface area contributed by atoms with Crippen molar-refractivity contribution in [1.82, 2.24) is 10.6 Å². The number of aliphatic hydroxyl groups excluding tert-OH is 1. The normalized spacial score (nSPS) is 13.4. The van der Waals surface area contributed by atoms with E-state index >= 15 is 0 Å². The lowest BCUT2D eigenvalue weighted by Crippen LogP contribution is -2.53. The summed E-state index contributed by atoms with van der Waals surface area (Å²) in [6.07, 6.45) is -0.606. The number of primary amides is 1. The minimum Gasteiger partial charge on any atom is -0.449 e. The Morgan fingerprint density at radius 1 is 0.837 bits per heavy atom. The lowest BCUT2D eigenvalue weighted by Gasteiger charge is -2.24. The van der Waals surface area contributed by atoms with Crippen LogP contribution in [0.1, 0.15) is 55.7 Å². The van der Waals surface area contributed by atoms with Crippen molar-refractivity contribution in [3.63, 3.8) is 0 Å². The first-order valence-electron chi connectivity index (χ1n) is 14.4. The van der Waals surface area contributed by atoms with Gasteiger partial charge in [0, 0.05) is 18.0 Å². The zero-order valence-electron chi connectivity index (χ0n) is 24.3. The van der Waals surface area contributed by atoms with Gasteiger partial charge in [-0.05, 0) is 58.7 Å². The Labute approximate surface area is 251 Å². The highest BCUT2D eigenvalue weighted by Gasteiger charge is 2.31. The summed E-state index contributed by atoms with van der Waals surface area (Å²) in [5, 5.41) is 17.3. The number of rotatable bonds is 13. The van der Waals surface area contributed by atoms with Gasteiger partial charge in [-0.3, -0.25) is 14.4 Å². The monoisotopic (exact) mass is 586 g/mol. The fraction of sp³-hybridized carbons (Fsp3) is 0.333. The molecule has 1 aliphatic carbocycles. The van der Waals surface area contributed by atoms with E-state index in [0.29, 0.717) is 17.7 Å². The van der Waals surface area contributed by atoms with Crippen LogP contribution in [0.3, 0.4) is 0 Å². The van der Waals surface area contributed by atoms with Gasteiger partial charge >= 0.3 is 6.09 Å². The maximum Gasteiger partial charge on any atom is 0.407 e. The quantitative estimate of drug-likeness (QED) is 0.205. The standard InChI is InChI=1S/C33H38N4O6/c1-20(2)17-29(32(41)36-28(15-16-30(34)39)31(40)35-22-13-11-21(18-38)12-14-22)37-33(42)43-19-27-25-9-5-3-7-23(25)24-8-4-6-10-26(24)27/h3-14,20,27-29,38H,15-19H2,1-2H3,(H2,34,39)(H,35,40)(H,36,41)(H,37,42)/t28-,29-/m0/s1. The van der Waals surface area contributed by atoms with E-state index in [1.165, 1.54) is 0 Å². The third-order valence-electron chi connectivity index (χ3n) is 7.38. The molecule has 0 aliphatic heterocycles. The first-order valence-corrected chi connectivity index (χ1v) is 14.4. The van der Waals surface area contributed by atoms with Crippen molar-refractivity contribution in [3.8, 4) is 11.1 Å². The number of benzene rings is 3. The molecule has 0 bridgehead atoms. The molecule has 4 amide bonds. The SMILES string of the molecule is CC(C)C[C@H](NC(=O)OCC1c2ccccc2-c2ccccc21)C(=O)N[C@@H](CCC(N)=O)C(=O)Nc1ccc(CO)cc1. The predicted molar refractivity (Wildman–Crippen MR) is 163 cm³/mol. The Morgan fingerprint density at radius 2 is 1.44 bits per heavy atom. The number of amides is 4. The van der Waals surface area contributed by atoms with E-state index in [-0.39, 0.29) is 37.9 Å². The second kappa shape index (κ2) is 14.5. The van der Waals surface area contributed by atoms with E-state index in [1.807, 2.05) is 62.4 Å². The summed E-state index contributed by atoms with van der Waals surface area (Å²) in [6.45, 7) is 3.77. The molecule has 6 N–H and O–H groups in total. The summed E-state index contributed by atoms with van der Waals surface area (Å²) in [5.74, 6) is -1.84. The number of hydrogen-bond donors (Lipinski definition) is 5. The number of anilines is 1. The number of hydrogen-bond acceptors (Lipinski definition) is 6. The van der Waals surface area contributed by atoms with Crippen LogP contribution in [0.5, 0.6) is 0 Å². The molecule has 3 aromatic rings. The summed E-state index contributed by atoms with van der Waals surface area (Å²) in [6, 6.07) is 20.5. The molecule has 0 saturated heterocycles. The van der Waals surface area contributed by atoms with Crippen LogP contribution in [0.15, 0.2) is 72.8 Å². The molecule has 0 radical (unpaired) electrons. The van der Waals surface area contributed by atoms with Gasteiger partial charge in [-0.25, -0.2) is 4.79 Å². The van der Waals surface area contributed by atoms with Crippen LogP contribution in [0.25, 0.3) is 11.1 Å². The minimum atomic E-state index is -1.09. The Balaban J connectivity index is 1.42. The maximum absolute atomic E-state index is 13.4. The third kappa shape index (κ3) is 8.20. The molecule has 10 nitrogen and oxygen atoms in total. The van der Waals surface area contributed by atoms with Crippen molar-refractivity contribution in [1.29, 1.82) is 0 Å². The van der Waals surface area contributed by atoms with E-state index in [9.17, 15) is 24.3 Å². The molecule has 0 fully saturated rings. The fourth-order valence-electron chi connectivity index (χ4n) is 5.24. The topological polar surface area (TPSA) is 160 Å². The maximum atomic E-state index is 13.4. The molecule has 0 aromatic heterocycles. The molecule has 4 rings (SSSR count). The van der Waals surface area contributed by atoms with Crippen LogP contribution in [-0.4, -0.2) is 47.6 Å². The second-order valence-corrected chi connectivity index (χ2v) is 11.1. The molecule has 226 valence electrons. The predicted octanol–water partition coefficient (Wildman–Crippen LogP) is 3.82. The Hall–Kier alpha value is -4.70. The molecule has 43 heavy (non-hydrogen) atoms. The van der Waals surface area contributed by atoms with E-state index in [4.69, 9.17) is 10.5 Å². The van der Waals surface area contributed by atoms with Gasteiger partial charge in [0.1, 0.15) is 18.7 Å². The molecule has 1 aliphatic rings. The van der Waals surface area contributed by atoms with Crippen LogP contribution in [0.2, 0.25) is 0 Å². The molecule has 0 saturated carbocycles. The first-order chi connectivity index (χ1) is 20.7. The highest BCUT2D eigenvalue weighted by Crippen LogP contribution is 2.44. The van der Waals surface area contributed by atoms with Crippen LogP contribution < -0.4 is 21.7 Å². The molecule has 0 spiro atoms. The first kappa shape index (κ1) is 31.2. The number of ether oxygens (including phenoxy) is 1. The van der Waals surface area contributed by atoms with Crippen molar-refractivity contribution >= 4 is 29.5 Å². The van der Waals surface area contributed by atoms with Crippen molar-refractivity contribution in [3.05, 3.63) is 89.5 Å². The number of fused-ring (bicyclic) bond motifs is 3. The Morgan fingerprint density at radius 3 is 2.00 bits per heavy atom. The van der Waals surface area contributed by atoms with Gasteiger partial charge in [-0.1, -0.05) is 74.5 Å². The van der Waals surface area contributed by atoms with E-state index in [0.717, 1.165) is 22.3 Å². The average Bonchev–Trinajstić information content (AvgIpc) is 3.31.